The Bertz CT molecular complexity index is 896. The van der Waals surface area contributed by atoms with Crippen molar-refractivity contribution in [1.82, 2.24) is 0 Å². The molecule has 0 amide bonds. The van der Waals surface area contributed by atoms with E-state index in [-0.39, 0.29) is 12.8 Å². The van der Waals surface area contributed by atoms with Crippen molar-refractivity contribution in [3.8, 4) is 0 Å². The van der Waals surface area contributed by atoms with Crippen LogP contribution in [0.2, 0.25) is 0 Å². The van der Waals surface area contributed by atoms with Crippen molar-refractivity contribution in [2.45, 2.75) is 57.2 Å². The Hall–Kier alpha value is -2.06. The summed E-state index contributed by atoms with van der Waals surface area (Å²) >= 11 is 0. The van der Waals surface area contributed by atoms with E-state index in [1.807, 2.05) is 0 Å². The van der Waals surface area contributed by atoms with Crippen LogP contribution >= 0.6 is 0 Å². The highest BCUT2D eigenvalue weighted by molar-refractivity contribution is 5.91. The van der Waals surface area contributed by atoms with Gasteiger partial charge in [0.2, 0.25) is 0 Å². The molecule has 0 aliphatic carbocycles. The third kappa shape index (κ3) is 4.07. The van der Waals surface area contributed by atoms with Gasteiger partial charge >= 0.3 is 12.4 Å². The molecule has 0 unspecified atom stereocenters. The van der Waals surface area contributed by atoms with Gasteiger partial charge in [-0.1, -0.05) is 62.4 Å². The van der Waals surface area contributed by atoms with Gasteiger partial charge in [-0.25, -0.2) is 0 Å². The molecule has 2 nitrogen and oxygen atoms in total. The molecule has 0 heterocycles. The minimum Gasteiger partial charge on any atom is -0.372 e. The van der Waals surface area contributed by atoms with Crippen molar-refractivity contribution in [1.29, 1.82) is 0 Å². The zero-order valence-corrected chi connectivity index (χ0v) is 16.9. The summed E-state index contributed by atoms with van der Waals surface area (Å²) in [7, 11) is 0. The third-order valence-corrected chi connectivity index (χ3v) is 5.48. The van der Waals surface area contributed by atoms with E-state index in [1.165, 1.54) is 0 Å². The van der Waals surface area contributed by atoms with Crippen molar-refractivity contribution in [3.63, 3.8) is 0 Å². The summed E-state index contributed by atoms with van der Waals surface area (Å²) in [5, 5.41) is 11.0. The zero-order valence-electron chi connectivity index (χ0n) is 16.9. The molecule has 0 radical (unpaired) electrons. The van der Waals surface area contributed by atoms with Gasteiger partial charge in [0.15, 0.2) is 0 Å². The second-order valence-electron chi connectivity index (χ2n) is 7.34. The van der Waals surface area contributed by atoms with Gasteiger partial charge in [-0.2, -0.15) is 26.3 Å². The van der Waals surface area contributed by atoms with E-state index < -0.39 is 30.2 Å². The van der Waals surface area contributed by atoms with Gasteiger partial charge in [0.1, 0.15) is 0 Å². The van der Waals surface area contributed by atoms with Crippen LogP contribution in [0, 0.1) is 0 Å². The van der Waals surface area contributed by atoms with Gasteiger partial charge in [-0.05, 0) is 41.7 Å². The molecule has 166 valence electrons. The first-order chi connectivity index (χ1) is 13.7. The van der Waals surface area contributed by atoms with Crippen molar-refractivity contribution >= 4 is 16.3 Å². The topological polar surface area (TPSA) is 29.5 Å². The molecule has 1 N–H and O–H groups in total. The number of ether oxygens (including phenoxy) is 1. The minimum absolute atomic E-state index is 0.0869. The smallest absolute Gasteiger partial charge is 0.372 e. The molecule has 0 aliphatic heterocycles. The number of rotatable bonds is 7. The number of hydrogen-bond donors (Lipinski definition) is 1. The van der Waals surface area contributed by atoms with Crippen molar-refractivity contribution in [3.05, 3.63) is 54.1 Å². The minimum atomic E-state index is -5.95. The molecule has 2 aromatic carbocycles. The van der Waals surface area contributed by atoms with Crippen LogP contribution in [-0.2, 0) is 10.3 Å². The maximum atomic E-state index is 13.2. The number of benzene rings is 2. The van der Waals surface area contributed by atoms with Crippen molar-refractivity contribution < 1.29 is 36.2 Å². The largest absolute Gasteiger partial charge is 0.428 e. The molecule has 0 aromatic heterocycles. The van der Waals surface area contributed by atoms with E-state index in [1.54, 1.807) is 57.2 Å². The lowest BCUT2D eigenvalue weighted by Gasteiger charge is -2.40. The van der Waals surface area contributed by atoms with Gasteiger partial charge in [0.25, 0.3) is 5.60 Å². The lowest BCUT2D eigenvalue weighted by atomic mass is 9.80. The molecule has 0 atom stereocenters. The maximum Gasteiger partial charge on any atom is 0.428 e. The first kappa shape index (κ1) is 24.2. The normalized spacial score (nSPS) is 13.7. The number of aliphatic hydroxyl groups is 1. The number of allylic oxidation sites excluding steroid dienone is 1. The summed E-state index contributed by atoms with van der Waals surface area (Å²) in [6, 6.07) is 10.6. The highest BCUT2D eigenvalue weighted by Crippen LogP contribution is 2.47. The lowest BCUT2D eigenvalue weighted by Crippen LogP contribution is -2.60. The molecule has 2 aromatic rings. The van der Waals surface area contributed by atoms with Gasteiger partial charge in [0, 0.05) is 0 Å². The maximum absolute atomic E-state index is 13.2. The van der Waals surface area contributed by atoms with E-state index in [4.69, 9.17) is 4.74 Å². The fraction of sp³-hybridized carbons (Fsp3) is 0.455. The summed E-state index contributed by atoms with van der Waals surface area (Å²) in [4.78, 5) is 0. The van der Waals surface area contributed by atoms with Crippen molar-refractivity contribution in [2.75, 3.05) is 6.61 Å². The summed E-state index contributed by atoms with van der Waals surface area (Å²) in [6.07, 6.45) is -11.7. The van der Waals surface area contributed by atoms with Gasteiger partial charge in [0.05, 0.1) is 12.2 Å². The predicted octanol–water partition coefficient (Wildman–Crippen LogP) is 6.76. The standard InChI is InChI=1S/C22H24F6O2/c1-5-19(6-2,30-13-20(29,21(23,24)25)22(26,27)28)18-16(14(3)4)12-11-15-9-7-8-10-17(15)18/h7-12,29H,3,5-6,13H2,1-2,4H3. The Morgan fingerprint density at radius 3 is 1.93 bits per heavy atom. The molecule has 8 heteroatoms. The SMILES string of the molecule is C=C(C)c1ccc2ccccc2c1C(CC)(CC)OCC(O)(C(F)(F)F)C(F)(F)F. The Morgan fingerprint density at radius 1 is 0.933 bits per heavy atom. The van der Waals surface area contributed by atoms with Crippen LogP contribution in [-0.4, -0.2) is 29.7 Å². The molecule has 0 bridgehead atoms. The number of hydrogen-bond acceptors (Lipinski definition) is 2. The predicted molar refractivity (Wildman–Crippen MR) is 104 cm³/mol. The fourth-order valence-electron chi connectivity index (χ4n) is 3.56. The molecule has 0 fully saturated rings. The highest BCUT2D eigenvalue weighted by Gasteiger charge is 2.71. The highest BCUT2D eigenvalue weighted by atomic mass is 19.4. The first-order valence-corrected chi connectivity index (χ1v) is 9.42. The second-order valence-corrected chi connectivity index (χ2v) is 7.34. The monoisotopic (exact) mass is 434 g/mol. The van der Waals surface area contributed by atoms with Crippen LogP contribution < -0.4 is 0 Å². The summed E-state index contributed by atoms with van der Waals surface area (Å²) in [6.45, 7) is 6.86. The Morgan fingerprint density at radius 2 is 1.47 bits per heavy atom. The van der Waals surface area contributed by atoms with Gasteiger partial charge < -0.3 is 9.84 Å². The van der Waals surface area contributed by atoms with Gasteiger partial charge in [-0.15, -0.1) is 0 Å². The molecule has 0 saturated heterocycles. The Labute approximate surface area is 171 Å². The van der Waals surface area contributed by atoms with Crippen LogP contribution in [0.15, 0.2) is 43.0 Å². The van der Waals surface area contributed by atoms with Crippen molar-refractivity contribution in [2.24, 2.45) is 0 Å². The van der Waals surface area contributed by atoms with E-state index in [0.29, 0.717) is 22.1 Å². The quantitative estimate of drug-likeness (QED) is 0.488. The second kappa shape index (κ2) is 8.23. The summed E-state index contributed by atoms with van der Waals surface area (Å²) < 4.78 is 84.5. The lowest BCUT2D eigenvalue weighted by molar-refractivity contribution is -0.383. The molecular formula is C22H24F6O2. The number of alkyl halides is 6. The zero-order chi connectivity index (χ0) is 23.0. The molecular weight excluding hydrogens is 410 g/mol. The molecule has 30 heavy (non-hydrogen) atoms. The summed E-state index contributed by atoms with van der Waals surface area (Å²) in [5.74, 6) is 0. The average Bonchev–Trinajstić information content (AvgIpc) is 2.66. The van der Waals surface area contributed by atoms with Gasteiger partial charge in [-0.3, -0.25) is 0 Å². The number of halogens is 6. The van der Waals surface area contributed by atoms with E-state index in [2.05, 4.69) is 6.58 Å². The Balaban J connectivity index is 2.70. The average molecular weight is 434 g/mol. The van der Waals surface area contributed by atoms with Crippen LogP contribution in [0.25, 0.3) is 16.3 Å². The third-order valence-electron chi connectivity index (χ3n) is 5.48. The fourth-order valence-corrected chi connectivity index (χ4v) is 3.56. The molecule has 0 aliphatic rings. The number of fused-ring (bicyclic) bond motifs is 1. The molecule has 0 spiro atoms. The van der Waals surface area contributed by atoms with E-state index in [9.17, 15) is 31.4 Å². The van der Waals surface area contributed by atoms with E-state index in [0.717, 1.165) is 5.39 Å². The van der Waals surface area contributed by atoms with Crippen LogP contribution in [0.3, 0.4) is 0 Å². The Kier molecular flexibility index (Phi) is 6.64. The van der Waals surface area contributed by atoms with Crippen LogP contribution in [0.5, 0.6) is 0 Å². The van der Waals surface area contributed by atoms with Crippen LogP contribution in [0.1, 0.15) is 44.7 Å². The first-order valence-electron chi connectivity index (χ1n) is 9.42. The molecule has 0 saturated carbocycles. The summed E-state index contributed by atoms with van der Waals surface area (Å²) in [5.41, 5.74) is -4.85. The molecule has 2 rings (SSSR count). The van der Waals surface area contributed by atoms with E-state index >= 15 is 0 Å². The van der Waals surface area contributed by atoms with Crippen LogP contribution in [0.4, 0.5) is 26.3 Å².